The van der Waals surface area contributed by atoms with Crippen LogP contribution in [0.3, 0.4) is 0 Å². The molecule has 3 rings (SSSR count). The summed E-state index contributed by atoms with van der Waals surface area (Å²) in [5.41, 5.74) is 1.72. The Morgan fingerprint density at radius 1 is 1.14 bits per heavy atom. The van der Waals surface area contributed by atoms with Crippen molar-refractivity contribution in [1.29, 1.82) is 0 Å². The fourth-order valence-corrected chi connectivity index (χ4v) is 3.14. The lowest BCUT2D eigenvalue weighted by atomic mass is 10.2. The van der Waals surface area contributed by atoms with Gasteiger partial charge in [-0.25, -0.2) is 0 Å². The number of anilines is 1. The molecule has 2 saturated heterocycles. The second-order valence-corrected chi connectivity index (χ2v) is 5.82. The average molecular weight is 288 g/mol. The maximum Gasteiger partial charge on any atom is 0.272 e. The van der Waals surface area contributed by atoms with Crippen molar-refractivity contribution in [1.82, 2.24) is 14.8 Å². The Kier molecular flexibility index (Phi) is 4.39. The molecule has 2 aliphatic rings. The summed E-state index contributed by atoms with van der Waals surface area (Å²) < 4.78 is 0. The van der Waals surface area contributed by atoms with Gasteiger partial charge in [-0.05, 0) is 31.5 Å². The summed E-state index contributed by atoms with van der Waals surface area (Å²) in [5.74, 6) is 0.0757. The number of carbonyl (C=O) groups excluding carboxylic acids is 1. The van der Waals surface area contributed by atoms with Crippen molar-refractivity contribution in [2.45, 2.75) is 19.8 Å². The van der Waals surface area contributed by atoms with Gasteiger partial charge < -0.3 is 14.7 Å². The molecule has 0 aliphatic carbocycles. The smallest absolute Gasteiger partial charge is 0.272 e. The van der Waals surface area contributed by atoms with Gasteiger partial charge in [0.05, 0.1) is 0 Å². The highest BCUT2D eigenvalue weighted by Gasteiger charge is 2.23. The summed E-state index contributed by atoms with van der Waals surface area (Å²) in [6, 6.07) is 3.97. The van der Waals surface area contributed by atoms with Crippen LogP contribution in [0, 0.1) is 0 Å². The highest BCUT2D eigenvalue weighted by atomic mass is 16.2. The Morgan fingerprint density at radius 3 is 2.52 bits per heavy atom. The monoisotopic (exact) mass is 288 g/mol. The van der Waals surface area contributed by atoms with Crippen LogP contribution < -0.4 is 4.90 Å². The zero-order chi connectivity index (χ0) is 14.7. The first-order valence-electron chi connectivity index (χ1n) is 8.00. The molecule has 0 N–H and O–H groups in total. The lowest BCUT2D eigenvalue weighted by Gasteiger charge is -2.33. The van der Waals surface area contributed by atoms with Gasteiger partial charge in [0.25, 0.3) is 5.91 Å². The van der Waals surface area contributed by atoms with Crippen LogP contribution in [-0.4, -0.2) is 66.5 Å². The van der Waals surface area contributed by atoms with Gasteiger partial charge in [-0.3, -0.25) is 9.78 Å². The molecule has 1 aromatic heterocycles. The van der Waals surface area contributed by atoms with Gasteiger partial charge in [-0.2, -0.15) is 0 Å². The van der Waals surface area contributed by atoms with E-state index in [1.165, 1.54) is 12.8 Å². The fraction of sp³-hybridized carbons (Fsp3) is 0.625. The van der Waals surface area contributed by atoms with Crippen molar-refractivity contribution in [2.75, 3.05) is 50.7 Å². The first-order chi connectivity index (χ1) is 10.3. The number of hydrogen-bond acceptors (Lipinski definition) is 4. The van der Waals surface area contributed by atoms with Gasteiger partial charge in [-0.1, -0.05) is 6.92 Å². The molecule has 0 radical (unpaired) electrons. The van der Waals surface area contributed by atoms with Crippen molar-refractivity contribution < 1.29 is 4.79 Å². The van der Waals surface area contributed by atoms with E-state index in [9.17, 15) is 4.79 Å². The van der Waals surface area contributed by atoms with Gasteiger partial charge in [-0.15, -0.1) is 0 Å². The molecular weight excluding hydrogens is 264 g/mol. The van der Waals surface area contributed by atoms with Crippen LogP contribution in [0.15, 0.2) is 18.3 Å². The van der Waals surface area contributed by atoms with Gasteiger partial charge in [0.15, 0.2) is 0 Å². The molecule has 2 fully saturated rings. The normalized spacial score (nSPS) is 20.0. The third-order valence-electron chi connectivity index (χ3n) is 4.54. The van der Waals surface area contributed by atoms with E-state index in [1.807, 2.05) is 17.0 Å². The van der Waals surface area contributed by atoms with Crippen molar-refractivity contribution in [3.05, 3.63) is 24.0 Å². The molecule has 5 nitrogen and oxygen atoms in total. The minimum absolute atomic E-state index is 0.0757. The Morgan fingerprint density at radius 2 is 1.86 bits per heavy atom. The van der Waals surface area contributed by atoms with E-state index in [1.54, 1.807) is 6.20 Å². The SMILES string of the molecule is CCN1CCN(C(=O)c2cc(N3CCCC3)ccn2)CC1. The molecule has 1 aromatic rings. The van der Waals surface area contributed by atoms with Crippen molar-refractivity contribution in [3.8, 4) is 0 Å². The van der Waals surface area contributed by atoms with Crippen LogP contribution in [0.2, 0.25) is 0 Å². The summed E-state index contributed by atoms with van der Waals surface area (Å²) in [5, 5.41) is 0. The predicted molar refractivity (Wildman–Crippen MR) is 83.7 cm³/mol. The molecule has 5 heteroatoms. The molecule has 3 heterocycles. The zero-order valence-corrected chi connectivity index (χ0v) is 12.8. The van der Waals surface area contributed by atoms with Gasteiger partial charge in [0.2, 0.25) is 0 Å². The first-order valence-corrected chi connectivity index (χ1v) is 8.00. The number of nitrogens with zero attached hydrogens (tertiary/aromatic N) is 4. The number of amides is 1. The predicted octanol–water partition coefficient (Wildman–Crippen LogP) is 1.46. The van der Waals surface area contributed by atoms with Crippen molar-refractivity contribution in [3.63, 3.8) is 0 Å². The maximum atomic E-state index is 12.6. The van der Waals surface area contributed by atoms with E-state index < -0.39 is 0 Å². The molecule has 0 aromatic carbocycles. The van der Waals surface area contributed by atoms with Crippen molar-refractivity contribution in [2.24, 2.45) is 0 Å². The molecule has 0 atom stereocenters. The summed E-state index contributed by atoms with van der Waals surface area (Å²) >= 11 is 0. The molecule has 1 amide bonds. The lowest BCUT2D eigenvalue weighted by Crippen LogP contribution is -2.48. The third kappa shape index (κ3) is 3.18. The Balaban J connectivity index is 1.68. The largest absolute Gasteiger partial charge is 0.371 e. The highest BCUT2D eigenvalue weighted by Crippen LogP contribution is 2.20. The van der Waals surface area contributed by atoms with E-state index >= 15 is 0 Å². The van der Waals surface area contributed by atoms with Gasteiger partial charge in [0, 0.05) is 51.2 Å². The van der Waals surface area contributed by atoms with Gasteiger partial charge in [0.1, 0.15) is 5.69 Å². The lowest BCUT2D eigenvalue weighted by molar-refractivity contribution is 0.0637. The van der Waals surface area contributed by atoms with Crippen LogP contribution in [0.4, 0.5) is 5.69 Å². The highest BCUT2D eigenvalue weighted by molar-refractivity contribution is 5.93. The van der Waals surface area contributed by atoms with E-state index in [-0.39, 0.29) is 5.91 Å². The van der Waals surface area contributed by atoms with Crippen LogP contribution in [0.5, 0.6) is 0 Å². The molecule has 0 saturated carbocycles. The van der Waals surface area contributed by atoms with Crippen molar-refractivity contribution >= 4 is 11.6 Å². The molecule has 114 valence electrons. The minimum atomic E-state index is 0.0757. The van der Waals surface area contributed by atoms with E-state index in [0.717, 1.165) is 51.5 Å². The zero-order valence-electron chi connectivity index (χ0n) is 12.8. The molecule has 2 aliphatic heterocycles. The maximum absolute atomic E-state index is 12.6. The van der Waals surface area contributed by atoms with Crippen LogP contribution in [-0.2, 0) is 0 Å². The summed E-state index contributed by atoms with van der Waals surface area (Å²) in [6.45, 7) is 8.95. The second kappa shape index (κ2) is 6.43. The van der Waals surface area contributed by atoms with E-state index in [0.29, 0.717) is 5.69 Å². The van der Waals surface area contributed by atoms with E-state index in [2.05, 4.69) is 21.7 Å². The second-order valence-electron chi connectivity index (χ2n) is 5.82. The minimum Gasteiger partial charge on any atom is -0.371 e. The number of pyridine rings is 1. The number of hydrogen-bond donors (Lipinski definition) is 0. The first kappa shape index (κ1) is 14.3. The molecule has 0 spiro atoms. The number of piperazine rings is 1. The van der Waals surface area contributed by atoms with Crippen LogP contribution in [0.25, 0.3) is 0 Å². The van der Waals surface area contributed by atoms with Crippen LogP contribution in [0.1, 0.15) is 30.3 Å². The number of rotatable bonds is 3. The molecular formula is C16H24N4O. The fourth-order valence-electron chi connectivity index (χ4n) is 3.14. The topological polar surface area (TPSA) is 39.7 Å². The quantitative estimate of drug-likeness (QED) is 0.844. The number of likely N-dealkylation sites (N-methyl/N-ethyl adjacent to an activating group) is 1. The standard InChI is InChI=1S/C16H24N4O/c1-2-18-9-11-20(12-10-18)16(21)15-13-14(5-6-17-15)19-7-3-4-8-19/h5-6,13H,2-4,7-12H2,1H3. The molecule has 0 unspecified atom stereocenters. The number of carbonyl (C=O) groups is 1. The van der Waals surface area contributed by atoms with Gasteiger partial charge >= 0.3 is 0 Å². The Bertz CT molecular complexity index is 491. The third-order valence-corrected chi connectivity index (χ3v) is 4.54. The summed E-state index contributed by atoms with van der Waals surface area (Å²) in [7, 11) is 0. The Hall–Kier alpha value is -1.62. The average Bonchev–Trinajstić information content (AvgIpc) is 3.09. The molecule has 0 bridgehead atoms. The number of aromatic nitrogens is 1. The van der Waals surface area contributed by atoms with E-state index in [4.69, 9.17) is 0 Å². The summed E-state index contributed by atoms with van der Waals surface area (Å²) in [6.07, 6.45) is 4.25. The molecule has 21 heavy (non-hydrogen) atoms. The summed E-state index contributed by atoms with van der Waals surface area (Å²) in [4.78, 5) is 23.5. The van der Waals surface area contributed by atoms with Crippen LogP contribution >= 0.6 is 0 Å². The Labute approximate surface area is 126 Å².